The number of phenolic OH excluding ortho intramolecular Hbond substituents is 1. The van der Waals surface area contributed by atoms with Crippen molar-refractivity contribution in [3.05, 3.63) is 29.8 Å². The summed E-state index contributed by atoms with van der Waals surface area (Å²) in [6.45, 7) is 5.15. The normalized spacial score (nSPS) is 17.1. The van der Waals surface area contributed by atoms with Crippen molar-refractivity contribution in [3.8, 4) is 5.75 Å². The molecule has 0 bridgehead atoms. The summed E-state index contributed by atoms with van der Waals surface area (Å²) >= 11 is 0. The number of carboxylic acid groups (broad SMARTS) is 1. The Hall–Kier alpha value is -2.28. The van der Waals surface area contributed by atoms with Gasteiger partial charge in [0.2, 0.25) is 0 Å². The van der Waals surface area contributed by atoms with Crippen LogP contribution in [-0.2, 0) is 16.0 Å². The van der Waals surface area contributed by atoms with Gasteiger partial charge in [-0.3, -0.25) is 4.90 Å². The van der Waals surface area contributed by atoms with Crippen molar-refractivity contribution < 1.29 is 24.5 Å². The topological polar surface area (TPSA) is 99.1 Å². The van der Waals surface area contributed by atoms with Gasteiger partial charge >= 0.3 is 12.1 Å². The molecule has 0 spiro atoms. The Balaban J connectivity index is 0.000000351. The van der Waals surface area contributed by atoms with Gasteiger partial charge in [0.25, 0.3) is 0 Å². The minimum Gasteiger partial charge on any atom is -0.508 e. The average Bonchev–Trinajstić information content (AvgIpc) is 2.84. The number of nitrogens with one attached hydrogen (secondary N) is 1. The minimum atomic E-state index is -1.11. The highest BCUT2D eigenvalue weighted by atomic mass is 16.6. The molecule has 2 aliphatic carbocycles. The van der Waals surface area contributed by atoms with Gasteiger partial charge < -0.3 is 20.3 Å². The zero-order chi connectivity index (χ0) is 26.3. The Bertz CT molecular complexity index is 708. The van der Waals surface area contributed by atoms with Gasteiger partial charge in [-0.25, -0.2) is 9.59 Å². The molecule has 0 aromatic heterocycles. The molecule has 200 valence electrons. The van der Waals surface area contributed by atoms with Gasteiger partial charge in [0.05, 0.1) is 0 Å². The molecule has 7 heteroatoms. The molecule has 1 amide bonds. The maximum Gasteiger partial charge on any atom is 0.410 e. The van der Waals surface area contributed by atoms with Crippen LogP contribution >= 0.6 is 0 Å². The molecule has 2 saturated carbocycles. The maximum absolute atomic E-state index is 11.9. The standard InChI is InChI=1S/C15H21NO5.C7H15N.C6H12/c1-15(2,3)21-14(20)16(4)12(13(18)19)9-10-5-7-11(17)8-6-10;1-8-7-5-3-2-4-6-7;1-2-4-6-5-3-1/h5-8,12,17H,9H2,1-4H3,(H,18,19);7-8H,2-6H2,1H3;1-6H2/t12-;;/m0../s1. The van der Waals surface area contributed by atoms with Crippen LogP contribution in [0.4, 0.5) is 4.79 Å². The first kappa shape index (κ1) is 30.8. The Labute approximate surface area is 212 Å². The number of ether oxygens (including phenoxy) is 1. The van der Waals surface area contributed by atoms with Crippen LogP contribution < -0.4 is 5.32 Å². The molecule has 1 atom stereocenters. The molecule has 7 nitrogen and oxygen atoms in total. The highest BCUT2D eigenvalue weighted by Crippen LogP contribution is 2.17. The van der Waals surface area contributed by atoms with Crippen LogP contribution in [0.15, 0.2) is 24.3 Å². The summed E-state index contributed by atoms with van der Waals surface area (Å²) in [5.74, 6) is -1.01. The molecule has 2 fully saturated rings. The Morgan fingerprint density at radius 3 is 1.80 bits per heavy atom. The third-order valence-corrected chi connectivity index (χ3v) is 6.31. The monoisotopic (exact) mass is 492 g/mol. The van der Waals surface area contributed by atoms with Crippen LogP contribution in [0, 0.1) is 0 Å². The number of phenols is 1. The fraction of sp³-hybridized carbons (Fsp3) is 0.714. The first-order valence-electron chi connectivity index (χ1n) is 13.2. The Kier molecular flexibility index (Phi) is 14.4. The van der Waals surface area contributed by atoms with Gasteiger partial charge in [0.15, 0.2) is 0 Å². The van der Waals surface area contributed by atoms with E-state index in [0.29, 0.717) is 5.56 Å². The largest absolute Gasteiger partial charge is 0.508 e. The highest BCUT2D eigenvalue weighted by molar-refractivity contribution is 5.80. The molecule has 0 heterocycles. The van der Waals surface area contributed by atoms with Gasteiger partial charge in [0, 0.05) is 19.5 Å². The third-order valence-electron chi connectivity index (χ3n) is 6.31. The molecule has 0 saturated heterocycles. The molecule has 1 aromatic rings. The summed E-state index contributed by atoms with van der Waals surface area (Å²) in [6.07, 6.45) is 15.6. The van der Waals surface area contributed by atoms with Crippen LogP contribution in [0.3, 0.4) is 0 Å². The van der Waals surface area contributed by atoms with Gasteiger partial charge in [-0.05, 0) is 58.4 Å². The zero-order valence-corrected chi connectivity index (χ0v) is 22.5. The highest BCUT2D eigenvalue weighted by Gasteiger charge is 2.30. The van der Waals surface area contributed by atoms with Crippen molar-refractivity contribution in [2.75, 3.05) is 14.1 Å². The SMILES string of the molecule is C1CCCCC1.CN(C(=O)OC(C)(C)C)[C@@H](Cc1ccc(O)cc1)C(=O)O.CNC1CCCCC1. The smallest absolute Gasteiger partial charge is 0.410 e. The number of rotatable bonds is 5. The number of benzene rings is 1. The zero-order valence-electron chi connectivity index (χ0n) is 22.5. The van der Waals surface area contributed by atoms with E-state index in [1.807, 2.05) is 0 Å². The van der Waals surface area contributed by atoms with Gasteiger partial charge in [-0.15, -0.1) is 0 Å². The molecule has 0 unspecified atom stereocenters. The summed E-state index contributed by atoms with van der Waals surface area (Å²) in [5.41, 5.74) is 0.0167. The Morgan fingerprint density at radius 2 is 1.43 bits per heavy atom. The van der Waals surface area contributed by atoms with Gasteiger partial charge in [0.1, 0.15) is 17.4 Å². The predicted molar refractivity (Wildman–Crippen MR) is 141 cm³/mol. The number of carboxylic acids is 1. The predicted octanol–water partition coefficient (Wildman–Crippen LogP) is 6.13. The van der Waals surface area contributed by atoms with Gasteiger partial charge in [-0.1, -0.05) is 69.9 Å². The summed E-state index contributed by atoms with van der Waals surface area (Å²) in [4.78, 5) is 24.4. The summed E-state index contributed by atoms with van der Waals surface area (Å²) in [5, 5.41) is 21.8. The number of carbonyl (C=O) groups excluding carboxylic acids is 1. The van der Waals surface area contributed by atoms with Crippen molar-refractivity contribution in [1.29, 1.82) is 0 Å². The summed E-state index contributed by atoms with van der Waals surface area (Å²) in [7, 11) is 3.46. The molecular formula is C28H48N2O5. The number of aromatic hydroxyl groups is 1. The lowest BCUT2D eigenvalue weighted by Gasteiger charge is -2.28. The lowest BCUT2D eigenvalue weighted by Crippen LogP contribution is -2.46. The van der Waals surface area contributed by atoms with Crippen molar-refractivity contribution in [2.24, 2.45) is 0 Å². The second-order valence-electron chi connectivity index (χ2n) is 10.6. The van der Waals surface area contributed by atoms with E-state index < -0.39 is 23.7 Å². The van der Waals surface area contributed by atoms with Gasteiger partial charge in [-0.2, -0.15) is 0 Å². The molecular weight excluding hydrogens is 444 g/mol. The number of hydrogen-bond donors (Lipinski definition) is 3. The van der Waals surface area contributed by atoms with E-state index in [2.05, 4.69) is 12.4 Å². The molecule has 3 rings (SSSR count). The lowest BCUT2D eigenvalue weighted by molar-refractivity contribution is -0.142. The van der Waals surface area contributed by atoms with E-state index in [4.69, 9.17) is 4.74 Å². The van der Waals surface area contributed by atoms with Crippen molar-refractivity contribution in [3.63, 3.8) is 0 Å². The minimum absolute atomic E-state index is 0.103. The first-order valence-corrected chi connectivity index (χ1v) is 13.2. The van der Waals surface area contributed by atoms with Crippen LogP contribution in [0.25, 0.3) is 0 Å². The van der Waals surface area contributed by atoms with Crippen molar-refractivity contribution in [2.45, 2.75) is 116 Å². The van der Waals surface area contributed by atoms with Crippen molar-refractivity contribution >= 4 is 12.1 Å². The number of aliphatic carboxylic acids is 1. The average molecular weight is 493 g/mol. The van der Waals surface area contributed by atoms with E-state index >= 15 is 0 Å². The van der Waals surface area contributed by atoms with E-state index in [-0.39, 0.29) is 12.2 Å². The van der Waals surface area contributed by atoms with E-state index in [0.717, 1.165) is 10.9 Å². The fourth-order valence-corrected chi connectivity index (χ4v) is 4.16. The second-order valence-corrected chi connectivity index (χ2v) is 10.6. The quantitative estimate of drug-likeness (QED) is 0.457. The van der Waals surface area contributed by atoms with Crippen LogP contribution in [0.5, 0.6) is 5.75 Å². The molecule has 3 N–H and O–H groups in total. The molecule has 0 aliphatic heterocycles. The van der Waals surface area contributed by atoms with Crippen LogP contribution in [-0.4, -0.2) is 59.0 Å². The number of hydrogen-bond acceptors (Lipinski definition) is 5. The molecule has 1 aromatic carbocycles. The van der Waals surface area contributed by atoms with Crippen LogP contribution in [0.2, 0.25) is 0 Å². The third kappa shape index (κ3) is 14.0. The summed E-state index contributed by atoms with van der Waals surface area (Å²) < 4.78 is 5.17. The molecule has 35 heavy (non-hydrogen) atoms. The molecule has 2 aliphatic rings. The second kappa shape index (κ2) is 16.4. The Morgan fingerprint density at radius 1 is 0.971 bits per heavy atom. The fourth-order valence-electron chi connectivity index (χ4n) is 4.16. The number of likely N-dealkylation sites (N-methyl/N-ethyl adjacent to an activating group) is 1. The first-order chi connectivity index (χ1) is 16.5. The van der Waals surface area contributed by atoms with E-state index in [9.17, 15) is 19.8 Å². The van der Waals surface area contributed by atoms with E-state index in [1.165, 1.54) is 89.8 Å². The van der Waals surface area contributed by atoms with Crippen LogP contribution in [0.1, 0.15) is 97.0 Å². The summed E-state index contributed by atoms with van der Waals surface area (Å²) in [6, 6.07) is 5.99. The van der Waals surface area contributed by atoms with E-state index in [1.54, 1.807) is 32.9 Å². The number of amides is 1. The number of carbonyl (C=O) groups is 2. The maximum atomic E-state index is 11.9. The molecule has 0 radical (unpaired) electrons. The van der Waals surface area contributed by atoms with Crippen molar-refractivity contribution in [1.82, 2.24) is 10.2 Å². The lowest BCUT2D eigenvalue weighted by atomic mass is 9.96. The number of nitrogens with zero attached hydrogens (tertiary/aromatic N) is 1.